The van der Waals surface area contributed by atoms with Crippen LogP contribution in [0.1, 0.15) is 0 Å². The van der Waals surface area contributed by atoms with Crippen molar-refractivity contribution in [3.63, 3.8) is 0 Å². The number of benzene rings is 1. The van der Waals surface area contributed by atoms with E-state index in [1.54, 1.807) is 12.3 Å². The summed E-state index contributed by atoms with van der Waals surface area (Å²) in [6.07, 6.45) is 1.71. The van der Waals surface area contributed by atoms with Crippen LogP contribution in [0.2, 0.25) is 0 Å². The molecule has 4 rings (SSSR count). The van der Waals surface area contributed by atoms with E-state index in [4.69, 9.17) is 0 Å². The van der Waals surface area contributed by atoms with Gasteiger partial charge in [-0.1, -0.05) is 36.4 Å². The highest BCUT2D eigenvalue weighted by molar-refractivity contribution is 7.89. The quantitative estimate of drug-likeness (QED) is 0.499. The maximum absolute atomic E-state index is 12.7. The predicted molar refractivity (Wildman–Crippen MR) is 129 cm³/mol. The number of nitrogens with zero attached hydrogens (tertiary/aromatic N) is 5. The van der Waals surface area contributed by atoms with Gasteiger partial charge in [-0.3, -0.25) is 9.59 Å². The molecule has 3 heterocycles. The summed E-state index contributed by atoms with van der Waals surface area (Å²) in [6.45, 7) is 1.48. The van der Waals surface area contributed by atoms with Gasteiger partial charge in [-0.15, -0.1) is 0 Å². The summed E-state index contributed by atoms with van der Waals surface area (Å²) in [7, 11) is -3.52. The highest BCUT2D eigenvalue weighted by Crippen LogP contribution is 2.15. The number of aromatic nitrogens is 3. The fourth-order valence-electron chi connectivity index (χ4n) is 3.70. The Kier molecular flexibility index (Phi) is 7.33. The van der Waals surface area contributed by atoms with Gasteiger partial charge in [-0.25, -0.2) is 18.1 Å². The minimum atomic E-state index is -3.52. The van der Waals surface area contributed by atoms with E-state index in [1.807, 2.05) is 53.4 Å². The molecule has 1 aromatic carbocycles. The lowest BCUT2D eigenvalue weighted by molar-refractivity contribution is -0.121. The van der Waals surface area contributed by atoms with E-state index in [9.17, 15) is 18.0 Å². The van der Waals surface area contributed by atoms with E-state index in [0.29, 0.717) is 31.9 Å². The molecule has 0 saturated carbocycles. The van der Waals surface area contributed by atoms with E-state index in [2.05, 4.69) is 15.4 Å². The number of rotatable bonds is 8. The molecule has 34 heavy (non-hydrogen) atoms. The first kappa shape index (κ1) is 23.6. The highest BCUT2D eigenvalue weighted by Gasteiger charge is 2.27. The maximum Gasteiger partial charge on any atom is 0.267 e. The topological polar surface area (TPSA) is 117 Å². The fraction of sp³-hybridized carbons (Fsp3) is 0.304. The fourth-order valence-corrected chi connectivity index (χ4v) is 5.04. The Balaban J connectivity index is 1.27. The minimum absolute atomic E-state index is 0.0469. The molecule has 0 aliphatic carbocycles. The molecular formula is C23H26N6O4S. The number of carbonyl (C=O) groups excluding carboxylic acids is 1. The second kappa shape index (κ2) is 10.6. The van der Waals surface area contributed by atoms with Gasteiger partial charge in [0.2, 0.25) is 15.9 Å². The van der Waals surface area contributed by atoms with Crippen LogP contribution in [0.5, 0.6) is 0 Å². The molecule has 1 aliphatic rings. The molecular weight excluding hydrogens is 456 g/mol. The van der Waals surface area contributed by atoms with Gasteiger partial charge < -0.3 is 10.2 Å². The summed E-state index contributed by atoms with van der Waals surface area (Å²) in [6, 6.07) is 17.9. The molecule has 0 unspecified atom stereocenters. The molecule has 11 heteroatoms. The number of hydrogen-bond donors (Lipinski definition) is 1. The van der Waals surface area contributed by atoms with Crippen LogP contribution in [0.3, 0.4) is 0 Å². The van der Waals surface area contributed by atoms with Crippen LogP contribution in [-0.4, -0.2) is 71.9 Å². The van der Waals surface area contributed by atoms with Gasteiger partial charge in [0.15, 0.2) is 0 Å². The zero-order valence-corrected chi connectivity index (χ0v) is 19.4. The summed E-state index contributed by atoms with van der Waals surface area (Å²) in [5, 5.41) is 6.83. The number of sulfonamides is 1. The zero-order chi connectivity index (χ0) is 24.0. The third kappa shape index (κ3) is 5.86. The summed E-state index contributed by atoms with van der Waals surface area (Å²) in [4.78, 5) is 30.8. The van der Waals surface area contributed by atoms with Gasteiger partial charge in [0.05, 0.1) is 11.4 Å². The van der Waals surface area contributed by atoms with Crippen molar-refractivity contribution in [1.29, 1.82) is 0 Å². The average molecular weight is 483 g/mol. The first-order valence-electron chi connectivity index (χ1n) is 11.0. The molecule has 10 nitrogen and oxygen atoms in total. The summed E-state index contributed by atoms with van der Waals surface area (Å²) in [5.41, 5.74) is 0.986. The standard InChI is InChI=1S/C23H26N6O4S/c30-22(18-29-23(31)10-9-20(26-29)19-6-2-1-3-7-19)25-12-17-34(32,33)28-15-13-27(14-16-28)21-8-4-5-11-24-21/h1-11H,12-18H2,(H,25,30). The van der Waals surface area contributed by atoms with Crippen LogP contribution in [0.4, 0.5) is 5.82 Å². The summed E-state index contributed by atoms with van der Waals surface area (Å²) >= 11 is 0. The maximum atomic E-state index is 12.7. The van der Waals surface area contributed by atoms with Crippen molar-refractivity contribution in [2.75, 3.05) is 43.4 Å². The van der Waals surface area contributed by atoms with Crippen LogP contribution >= 0.6 is 0 Å². The third-order valence-electron chi connectivity index (χ3n) is 5.52. The SMILES string of the molecule is O=C(Cn1nc(-c2ccccc2)ccc1=O)NCCS(=O)(=O)N1CCN(c2ccccn2)CC1. The van der Waals surface area contributed by atoms with E-state index in [1.165, 1.54) is 10.4 Å². The van der Waals surface area contributed by atoms with Gasteiger partial charge >= 0.3 is 0 Å². The molecule has 3 aromatic rings. The van der Waals surface area contributed by atoms with Gasteiger partial charge in [0.25, 0.3) is 5.56 Å². The third-order valence-corrected chi connectivity index (χ3v) is 7.39. The second-order valence-electron chi connectivity index (χ2n) is 7.82. The van der Waals surface area contributed by atoms with Crippen LogP contribution in [0.25, 0.3) is 11.3 Å². The molecule has 0 radical (unpaired) electrons. The minimum Gasteiger partial charge on any atom is -0.354 e. The number of hydrogen-bond acceptors (Lipinski definition) is 7. The summed E-state index contributed by atoms with van der Waals surface area (Å²) in [5.74, 6) is 0.135. The van der Waals surface area contributed by atoms with Crippen LogP contribution in [-0.2, 0) is 21.4 Å². The number of amides is 1. The van der Waals surface area contributed by atoms with Crippen molar-refractivity contribution >= 4 is 21.7 Å². The number of anilines is 1. The van der Waals surface area contributed by atoms with E-state index in [0.717, 1.165) is 16.1 Å². The van der Waals surface area contributed by atoms with Crippen LogP contribution < -0.4 is 15.8 Å². The number of pyridine rings is 1. The first-order valence-corrected chi connectivity index (χ1v) is 12.6. The van der Waals surface area contributed by atoms with Crippen molar-refractivity contribution in [1.82, 2.24) is 24.4 Å². The molecule has 0 bridgehead atoms. The van der Waals surface area contributed by atoms with Gasteiger partial charge in [0, 0.05) is 50.6 Å². The average Bonchev–Trinajstić information content (AvgIpc) is 2.86. The lowest BCUT2D eigenvalue weighted by Crippen LogP contribution is -2.50. The highest BCUT2D eigenvalue weighted by atomic mass is 32.2. The van der Waals surface area contributed by atoms with Crippen LogP contribution in [0, 0.1) is 0 Å². The Morgan fingerprint density at radius 3 is 2.38 bits per heavy atom. The molecule has 0 atom stereocenters. The Bertz CT molecular complexity index is 1270. The van der Waals surface area contributed by atoms with Crippen molar-refractivity contribution in [2.24, 2.45) is 0 Å². The Labute approximate surface area is 197 Å². The number of piperazine rings is 1. The van der Waals surface area contributed by atoms with Crippen molar-refractivity contribution in [3.05, 3.63) is 77.2 Å². The Hall–Kier alpha value is -3.57. The van der Waals surface area contributed by atoms with Crippen molar-refractivity contribution in [3.8, 4) is 11.3 Å². The normalized spacial score (nSPS) is 14.6. The molecule has 1 saturated heterocycles. The van der Waals surface area contributed by atoms with Crippen molar-refractivity contribution in [2.45, 2.75) is 6.54 Å². The van der Waals surface area contributed by atoms with Gasteiger partial charge in [-0.05, 0) is 18.2 Å². The van der Waals surface area contributed by atoms with E-state index in [-0.39, 0.29) is 18.8 Å². The molecule has 1 amide bonds. The first-order chi connectivity index (χ1) is 16.4. The molecule has 1 N–H and O–H groups in total. The van der Waals surface area contributed by atoms with Crippen LogP contribution in [0.15, 0.2) is 71.7 Å². The second-order valence-corrected chi connectivity index (χ2v) is 9.91. The van der Waals surface area contributed by atoms with E-state index >= 15 is 0 Å². The zero-order valence-electron chi connectivity index (χ0n) is 18.6. The Morgan fingerprint density at radius 2 is 1.68 bits per heavy atom. The smallest absolute Gasteiger partial charge is 0.267 e. The number of carbonyl (C=O) groups is 1. The van der Waals surface area contributed by atoms with Crippen molar-refractivity contribution < 1.29 is 13.2 Å². The van der Waals surface area contributed by atoms with E-state index < -0.39 is 21.5 Å². The molecule has 2 aromatic heterocycles. The molecule has 0 spiro atoms. The lowest BCUT2D eigenvalue weighted by Gasteiger charge is -2.34. The molecule has 178 valence electrons. The lowest BCUT2D eigenvalue weighted by atomic mass is 10.1. The van der Waals surface area contributed by atoms with Gasteiger partial charge in [-0.2, -0.15) is 9.40 Å². The van der Waals surface area contributed by atoms with Gasteiger partial charge in [0.1, 0.15) is 12.4 Å². The molecule has 1 fully saturated rings. The molecule has 1 aliphatic heterocycles. The number of nitrogens with one attached hydrogen (secondary N) is 1. The monoisotopic (exact) mass is 482 g/mol. The largest absolute Gasteiger partial charge is 0.354 e. The predicted octanol–water partition coefficient (Wildman–Crippen LogP) is 0.574. The summed E-state index contributed by atoms with van der Waals surface area (Å²) < 4.78 is 27.9. The Morgan fingerprint density at radius 1 is 0.941 bits per heavy atom.